The van der Waals surface area contributed by atoms with E-state index in [-0.39, 0.29) is 10.7 Å². The maximum Gasteiger partial charge on any atom is 0.227 e. The van der Waals surface area contributed by atoms with Gasteiger partial charge in [0.2, 0.25) is 5.91 Å². The number of guanidine groups is 1. The molecule has 1 aromatic heterocycles. The van der Waals surface area contributed by atoms with Crippen LogP contribution < -0.4 is 16.0 Å². The normalized spacial score (nSPS) is 20.4. The molecule has 2 heterocycles. The minimum atomic E-state index is -0.0574. The lowest BCUT2D eigenvalue weighted by molar-refractivity contribution is -0.116. The summed E-state index contributed by atoms with van der Waals surface area (Å²) < 4.78 is 0.247. The van der Waals surface area contributed by atoms with Gasteiger partial charge in [-0.1, -0.05) is 6.07 Å². The number of hydrogen-bond donors (Lipinski definition) is 3. The molecule has 6 nitrogen and oxygen atoms in total. The fourth-order valence-electron chi connectivity index (χ4n) is 2.59. The van der Waals surface area contributed by atoms with Gasteiger partial charge in [0.05, 0.1) is 6.54 Å². The van der Waals surface area contributed by atoms with Crippen molar-refractivity contribution in [3.63, 3.8) is 0 Å². The number of aliphatic imine (C=N–C) groups is 1. The van der Waals surface area contributed by atoms with E-state index in [4.69, 9.17) is 0 Å². The summed E-state index contributed by atoms with van der Waals surface area (Å²) >= 11 is 2.00. The third-order valence-corrected chi connectivity index (χ3v) is 5.56. The highest BCUT2D eigenvalue weighted by Crippen LogP contribution is 2.37. The highest BCUT2D eigenvalue weighted by Gasteiger charge is 2.29. The first kappa shape index (κ1) is 19.6. The van der Waals surface area contributed by atoms with Crippen molar-refractivity contribution in [2.45, 2.75) is 44.8 Å². The van der Waals surface area contributed by atoms with Crippen LogP contribution in [0.4, 0.5) is 5.82 Å². The summed E-state index contributed by atoms with van der Waals surface area (Å²) in [6, 6.07) is 3.74. The Balaban J connectivity index is 1.76. The number of nitrogens with zero attached hydrogens (tertiary/aromatic N) is 2. The highest BCUT2D eigenvalue weighted by atomic mass is 32.2. The standard InChI is InChI=1S/C18H29N5OS/c1-4-19-17(22-13-18(3)9-5-11-25-18)20-10-8-16(24)23-15-7-6-14(2)12-21-15/h6-7,12H,4-5,8-11,13H2,1-3H3,(H2,19,20,22)(H,21,23,24). The van der Waals surface area contributed by atoms with Gasteiger partial charge in [-0.25, -0.2) is 4.98 Å². The summed E-state index contributed by atoms with van der Waals surface area (Å²) in [7, 11) is 0. The molecular formula is C18H29N5OS. The van der Waals surface area contributed by atoms with Crippen molar-refractivity contribution in [1.29, 1.82) is 0 Å². The number of thioether (sulfide) groups is 1. The molecule has 1 aliphatic rings. The van der Waals surface area contributed by atoms with Gasteiger partial charge in [0, 0.05) is 30.5 Å². The lowest BCUT2D eigenvalue weighted by atomic mass is 10.1. The van der Waals surface area contributed by atoms with Crippen molar-refractivity contribution in [2.24, 2.45) is 4.99 Å². The molecule has 7 heteroatoms. The van der Waals surface area contributed by atoms with Crippen LogP contribution in [0.5, 0.6) is 0 Å². The van der Waals surface area contributed by atoms with Gasteiger partial charge in [0.25, 0.3) is 0 Å². The quantitative estimate of drug-likeness (QED) is 0.513. The summed E-state index contributed by atoms with van der Waals surface area (Å²) in [5, 5.41) is 9.28. The number of amides is 1. The molecule has 1 aromatic rings. The Morgan fingerprint density at radius 3 is 2.88 bits per heavy atom. The van der Waals surface area contributed by atoms with E-state index in [9.17, 15) is 4.79 Å². The molecule has 2 rings (SSSR count). The van der Waals surface area contributed by atoms with E-state index in [0.29, 0.717) is 18.8 Å². The predicted octanol–water partition coefficient (Wildman–Crippen LogP) is 2.56. The number of nitrogens with one attached hydrogen (secondary N) is 3. The van der Waals surface area contributed by atoms with Gasteiger partial charge in [-0.2, -0.15) is 11.8 Å². The molecule has 1 atom stereocenters. The molecule has 0 saturated carbocycles. The largest absolute Gasteiger partial charge is 0.357 e. The molecule has 3 N–H and O–H groups in total. The van der Waals surface area contributed by atoms with Crippen molar-refractivity contribution < 1.29 is 4.79 Å². The highest BCUT2D eigenvalue weighted by molar-refractivity contribution is 8.00. The maximum atomic E-state index is 12.0. The fraction of sp³-hybridized carbons (Fsp3) is 0.611. The van der Waals surface area contributed by atoms with E-state index < -0.39 is 0 Å². The minimum absolute atomic E-state index is 0.0574. The summed E-state index contributed by atoms with van der Waals surface area (Å²) in [5.74, 6) is 2.53. The Labute approximate surface area is 154 Å². The molecule has 1 amide bonds. The maximum absolute atomic E-state index is 12.0. The average molecular weight is 364 g/mol. The Bertz CT molecular complexity index is 582. The Hall–Kier alpha value is -1.76. The van der Waals surface area contributed by atoms with Gasteiger partial charge in [0.1, 0.15) is 5.82 Å². The molecule has 138 valence electrons. The van der Waals surface area contributed by atoms with Crippen LogP contribution in [0.25, 0.3) is 0 Å². The third-order valence-electron chi connectivity index (χ3n) is 4.04. The molecule has 25 heavy (non-hydrogen) atoms. The first-order valence-electron chi connectivity index (χ1n) is 8.89. The monoisotopic (exact) mass is 363 g/mol. The van der Waals surface area contributed by atoms with Crippen LogP contribution in [0, 0.1) is 6.92 Å². The SMILES string of the molecule is CCNC(=NCC1(C)CCCS1)NCCC(=O)Nc1ccc(C)cn1. The number of carbonyl (C=O) groups is 1. The second kappa shape index (κ2) is 9.65. The number of aromatic nitrogens is 1. The molecule has 1 aliphatic heterocycles. The van der Waals surface area contributed by atoms with Crippen molar-refractivity contribution in [1.82, 2.24) is 15.6 Å². The average Bonchev–Trinajstić information content (AvgIpc) is 3.02. The molecule has 0 radical (unpaired) electrons. The second-order valence-electron chi connectivity index (χ2n) is 6.54. The Morgan fingerprint density at radius 2 is 2.24 bits per heavy atom. The number of hydrogen-bond acceptors (Lipinski definition) is 4. The van der Waals surface area contributed by atoms with Gasteiger partial charge >= 0.3 is 0 Å². The number of aryl methyl sites for hydroxylation is 1. The summed E-state index contributed by atoms with van der Waals surface area (Å²) in [6.45, 7) is 8.42. The van der Waals surface area contributed by atoms with Crippen molar-refractivity contribution in [3.8, 4) is 0 Å². The molecule has 1 unspecified atom stereocenters. The lowest BCUT2D eigenvalue weighted by Crippen LogP contribution is -2.39. The summed E-state index contributed by atoms with van der Waals surface area (Å²) in [4.78, 5) is 20.9. The zero-order chi connectivity index (χ0) is 18.1. The molecule has 0 spiro atoms. The Kier molecular flexibility index (Phi) is 7.55. The minimum Gasteiger partial charge on any atom is -0.357 e. The van der Waals surface area contributed by atoms with Gasteiger partial charge in [0.15, 0.2) is 5.96 Å². The fourth-order valence-corrected chi connectivity index (χ4v) is 3.82. The first-order chi connectivity index (χ1) is 12.0. The van der Waals surface area contributed by atoms with Crippen LogP contribution >= 0.6 is 11.8 Å². The van der Waals surface area contributed by atoms with E-state index in [1.54, 1.807) is 6.20 Å². The number of pyridine rings is 1. The van der Waals surface area contributed by atoms with Crippen molar-refractivity contribution >= 4 is 29.4 Å². The van der Waals surface area contributed by atoms with Crippen LogP contribution in [0.2, 0.25) is 0 Å². The summed E-state index contributed by atoms with van der Waals surface area (Å²) in [6.07, 6.45) is 4.60. The van der Waals surface area contributed by atoms with Gasteiger partial charge in [-0.3, -0.25) is 9.79 Å². The molecule has 1 fully saturated rings. The smallest absolute Gasteiger partial charge is 0.227 e. The van der Waals surface area contributed by atoms with Gasteiger partial charge in [-0.05, 0) is 51.0 Å². The van der Waals surface area contributed by atoms with E-state index in [1.807, 2.05) is 37.7 Å². The van der Waals surface area contributed by atoms with Crippen LogP contribution in [-0.2, 0) is 4.79 Å². The van der Waals surface area contributed by atoms with E-state index in [1.165, 1.54) is 18.6 Å². The van der Waals surface area contributed by atoms with Crippen LogP contribution in [0.3, 0.4) is 0 Å². The number of rotatable bonds is 7. The lowest BCUT2D eigenvalue weighted by Gasteiger charge is -2.21. The molecule has 0 aliphatic carbocycles. The van der Waals surface area contributed by atoms with Gasteiger partial charge < -0.3 is 16.0 Å². The second-order valence-corrected chi connectivity index (χ2v) is 8.23. The first-order valence-corrected chi connectivity index (χ1v) is 9.88. The number of carbonyl (C=O) groups excluding carboxylic acids is 1. The van der Waals surface area contributed by atoms with Crippen LogP contribution in [-0.4, -0.2) is 47.0 Å². The predicted molar refractivity (Wildman–Crippen MR) is 106 cm³/mol. The van der Waals surface area contributed by atoms with Crippen LogP contribution in [0.15, 0.2) is 23.3 Å². The van der Waals surface area contributed by atoms with Gasteiger partial charge in [-0.15, -0.1) is 0 Å². The zero-order valence-electron chi connectivity index (χ0n) is 15.4. The Morgan fingerprint density at radius 1 is 1.40 bits per heavy atom. The summed E-state index contributed by atoms with van der Waals surface area (Å²) in [5.41, 5.74) is 1.07. The number of anilines is 1. The topological polar surface area (TPSA) is 78.4 Å². The molecule has 0 aromatic carbocycles. The van der Waals surface area contributed by atoms with E-state index in [2.05, 4.69) is 32.9 Å². The van der Waals surface area contributed by atoms with E-state index in [0.717, 1.165) is 24.6 Å². The van der Waals surface area contributed by atoms with E-state index >= 15 is 0 Å². The molecule has 1 saturated heterocycles. The van der Waals surface area contributed by atoms with Crippen molar-refractivity contribution in [3.05, 3.63) is 23.9 Å². The van der Waals surface area contributed by atoms with Crippen LogP contribution in [0.1, 0.15) is 38.7 Å². The molecule has 0 bridgehead atoms. The third kappa shape index (κ3) is 6.94. The van der Waals surface area contributed by atoms with Crippen molar-refractivity contribution in [2.75, 3.05) is 30.7 Å². The zero-order valence-corrected chi connectivity index (χ0v) is 16.2. The molecular weight excluding hydrogens is 334 g/mol.